The highest BCUT2D eigenvalue weighted by molar-refractivity contribution is 5.76. The van der Waals surface area contributed by atoms with Crippen LogP contribution in [0.1, 0.15) is 29.0 Å². The number of rotatable bonds is 5. The summed E-state index contributed by atoms with van der Waals surface area (Å²) in [7, 11) is 1.83. The molecule has 0 aliphatic heterocycles. The molecule has 0 saturated carbocycles. The lowest BCUT2D eigenvalue weighted by Gasteiger charge is -2.15. The topological polar surface area (TPSA) is 49.3 Å². The molecule has 1 rings (SSSR count). The maximum absolute atomic E-state index is 11.2. The number of hydrogen-bond acceptors (Lipinski definition) is 2. The molecule has 0 bridgehead atoms. The van der Waals surface area contributed by atoms with Gasteiger partial charge in [0.1, 0.15) is 0 Å². The summed E-state index contributed by atoms with van der Waals surface area (Å²) in [6.07, 6.45) is 0.621. The van der Waals surface area contributed by atoms with Crippen LogP contribution in [-0.4, -0.2) is 24.7 Å². The molecule has 1 aromatic rings. The lowest BCUT2D eigenvalue weighted by atomic mass is 9.91. The maximum atomic E-state index is 11.2. The number of carboxylic acid groups (broad SMARTS) is 1. The van der Waals surface area contributed by atoms with Gasteiger partial charge >= 0.3 is 5.97 Å². The van der Waals surface area contributed by atoms with Crippen LogP contribution >= 0.6 is 0 Å². The molecule has 0 radical (unpaired) electrons. The van der Waals surface area contributed by atoms with Crippen molar-refractivity contribution in [3.05, 3.63) is 34.9 Å². The molecule has 0 saturated heterocycles. The zero-order valence-corrected chi connectivity index (χ0v) is 10.1. The molecule has 1 atom stereocenters. The second-order valence-corrected chi connectivity index (χ2v) is 4.14. The van der Waals surface area contributed by atoms with E-state index in [1.54, 1.807) is 0 Å². The number of benzene rings is 1. The third kappa shape index (κ3) is 3.07. The maximum Gasteiger partial charge on any atom is 0.311 e. The molecule has 0 aliphatic rings. The van der Waals surface area contributed by atoms with E-state index in [1.807, 2.05) is 39.1 Å². The Morgan fingerprint density at radius 1 is 1.44 bits per heavy atom. The Labute approximate surface area is 96.5 Å². The number of aliphatic carboxylic acids is 1. The number of hydrogen-bond donors (Lipinski definition) is 2. The summed E-state index contributed by atoms with van der Waals surface area (Å²) in [6.45, 7) is 4.70. The molecule has 3 heteroatoms. The van der Waals surface area contributed by atoms with Crippen molar-refractivity contribution in [1.29, 1.82) is 0 Å². The zero-order chi connectivity index (χ0) is 12.1. The van der Waals surface area contributed by atoms with Gasteiger partial charge in [0.25, 0.3) is 0 Å². The van der Waals surface area contributed by atoms with Gasteiger partial charge in [-0.15, -0.1) is 0 Å². The number of aryl methyl sites for hydroxylation is 2. The molecular weight excluding hydrogens is 202 g/mol. The molecule has 88 valence electrons. The quantitative estimate of drug-likeness (QED) is 0.800. The van der Waals surface area contributed by atoms with Gasteiger partial charge in [0.15, 0.2) is 0 Å². The van der Waals surface area contributed by atoms with Crippen molar-refractivity contribution in [3.8, 4) is 0 Å². The summed E-state index contributed by atoms with van der Waals surface area (Å²) in [5, 5.41) is 12.2. The first-order valence-corrected chi connectivity index (χ1v) is 5.50. The van der Waals surface area contributed by atoms with Crippen LogP contribution in [0.15, 0.2) is 18.2 Å². The van der Waals surface area contributed by atoms with E-state index in [1.165, 1.54) is 5.56 Å². The van der Waals surface area contributed by atoms with Gasteiger partial charge in [-0.05, 0) is 45.0 Å². The van der Waals surface area contributed by atoms with Gasteiger partial charge in [-0.3, -0.25) is 4.79 Å². The smallest absolute Gasteiger partial charge is 0.311 e. The van der Waals surface area contributed by atoms with Crippen LogP contribution in [0.2, 0.25) is 0 Å². The zero-order valence-electron chi connectivity index (χ0n) is 10.1. The third-order valence-electron chi connectivity index (χ3n) is 2.78. The standard InChI is InChI=1S/C13H19NO2/c1-9-4-5-11(10(2)8-9)12(13(15)16)6-7-14-3/h4-5,8,12,14H,6-7H2,1-3H3,(H,15,16). The van der Waals surface area contributed by atoms with Crippen molar-refractivity contribution in [2.75, 3.05) is 13.6 Å². The fraction of sp³-hybridized carbons (Fsp3) is 0.462. The fourth-order valence-corrected chi connectivity index (χ4v) is 1.92. The van der Waals surface area contributed by atoms with Crippen molar-refractivity contribution in [2.45, 2.75) is 26.2 Å². The van der Waals surface area contributed by atoms with Crippen LogP contribution in [0.3, 0.4) is 0 Å². The van der Waals surface area contributed by atoms with Gasteiger partial charge in [0.05, 0.1) is 5.92 Å². The van der Waals surface area contributed by atoms with E-state index in [0.717, 1.165) is 11.1 Å². The SMILES string of the molecule is CNCCC(C(=O)O)c1ccc(C)cc1C. The minimum Gasteiger partial charge on any atom is -0.481 e. The molecule has 16 heavy (non-hydrogen) atoms. The minimum absolute atomic E-state index is 0.409. The van der Waals surface area contributed by atoms with E-state index >= 15 is 0 Å². The molecule has 0 heterocycles. The average molecular weight is 221 g/mol. The third-order valence-corrected chi connectivity index (χ3v) is 2.78. The van der Waals surface area contributed by atoms with E-state index in [2.05, 4.69) is 5.32 Å². The lowest BCUT2D eigenvalue weighted by molar-refractivity contribution is -0.138. The van der Waals surface area contributed by atoms with Gasteiger partial charge in [-0.1, -0.05) is 23.8 Å². The van der Waals surface area contributed by atoms with Crippen LogP contribution in [0.5, 0.6) is 0 Å². The molecule has 0 aliphatic carbocycles. The van der Waals surface area contributed by atoms with Gasteiger partial charge in [-0.2, -0.15) is 0 Å². The van der Waals surface area contributed by atoms with Crippen LogP contribution in [0, 0.1) is 13.8 Å². The van der Waals surface area contributed by atoms with E-state index < -0.39 is 11.9 Å². The largest absolute Gasteiger partial charge is 0.481 e. The highest BCUT2D eigenvalue weighted by Crippen LogP contribution is 2.24. The first-order chi connectivity index (χ1) is 7.56. The Kier molecular flexibility index (Phi) is 4.50. The van der Waals surface area contributed by atoms with Crippen molar-refractivity contribution in [3.63, 3.8) is 0 Å². The molecular formula is C13H19NO2. The Morgan fingerprint density at radius 2 is 2.12 bits per heavy atom. The van der Waals surface area contributed by atoms with E-state index in [4.69, 9.17) is 0 Å². The number of carbonyl (C=O) groups is 1. The number of carboxylic acids is 1. The Bertz CT molecular complexity index is 374. The highest BCUT2D eigenvalue weighted by atomic mass is 16.4. The first-order valence-electron chi connectivity index (χ1n) is 5.50. The fourth-order valence-electron chi connectivity index (χ4n) is 1.92. The van der Waals surface area contributed by atoms with Crippen LogP contribution in [-0.2, 0) is 4.79 Å². The molecule has 1 unspecified atom stereocenters. The van der Waals surface area contributed by atoms with Crippen LogP contribution in [0.25, 0.3) is 0 Å². The monoisotopic (exact) mass is 221 g/mol. The summed E-state index contributed by atoms with van der Waals surface area (Å²) in [5.41, 5.74) is 3.15. The molecule has 0 fully saturated rings. The predicted octanol–water partition coefficient (Wildman–Crippen LogP) is 2.08. The molecule has 0 aromatic heterocycles. The normalized spacial score (nSPS) is 12.4. The summed E-state index contributed by atoms with van der Waals surface area (Å²) in [4.78, 5) is 11.2. The summed E-state index contributed by atoms with van der Waals surface area (Å²) < 4.78 is 0. The van der Waals surface area contributed by atoms with Crippen molar-refractivity contribution in [1.82, 2.24) is 5.32 Å². The van der Waals surface area contributed by atoms with E-state index in [9.17, 15) is 9.90 Å². The minimum atomic E-state index is -0.748. The van der Waals surface area contributed by atoms with E-state index in [-0.39, 0.29) is 0 Å². The summed E-state index contributed by atoms with van der Waals surface area (Å²) in [5.74, 6) is -1.16. The molecule has 1 aromatic carbocycles. The predicted molar refractivity (Wildman–Crippen MR) is 64.8 cm³/mol. The second kappa shape index (κ2) is 5.66. The van der Waals surface area contributed by atoms with Crippen molar-refractivity contribution < 1.29 is 9.90 Å². The number of nitrogens with one attached hydrogen (secondary N) is 1. The van der Waals surface area contributed by atoms with Gasteiger partial charge in [-0.25, -0.2) is 0 Å². The highest BCUT2D eigenvalue weighted by Gasteiger charge is 2.20. The van der Waals surface area contributed by atoms with Crippen LogP contribution in [0.4, 0.5) is 0 Å². The van der Waals surface area contributed by atoms with Gasteiger partial charge < -0.3 is 10.4 Å². The molecule has 3 nitrogen and oxygen atoms in total. The van der Waals surface area contributed by atoms with Gasteiger partial charge in [0, 0.05) is 0 Å². The van der Waals surface area contributed by atoms with Crippen LogP contribution < -0.4 is 5.32 Å². The Morgan fingerprint density at radius 3 is 2.62 bits per heavy atom. The summed E-state index contributed by atoms with van der Waals surface area (Å²) >= 11 is 0. The molecule has 2 N–H and O–H groups in total. The van der Waals surface area contributed by atoms with Crippen molar-refractivity contribution in [2.24, 2.45) is 0 Å². The second-order valence-electron chi connectivity index (χ2n) is 4.14. The Hall–Kier alpha value is -1.35. The first kappa shape index (κ1) is 12.7. The van der Waals surface area contributed by atoms with E-state index in [0.29, 0.717) is 13.0 Å². The summed E-state index contributed by atoms with van der Waals surface area (Å²) in [6, 6.07) is 5.93. The molecule has 0 amide bonds. The molecule has 0 spiro atoms. The lowest BCUT2D eigenvalue weighted by Crippen LogP contribution is -2.19. The van der Waals surface area contributed by atoms with Gasteiger partial charge in [0.2, 0.25) is 0 Å². The Balaban J connectivity index is 2.96. The average Bonchev–Trinajstić information content (AvgIpc) is 2.20. The van der Waals surface area contributed by atoms with Crippen molar-refractivity contribution >= 4 is 5.97 Å².